The maximum atomic E-state index is 6.07. The van der Waals surface area contributed by atoms with Crippen molar-refractivity contribution < 1.29 is 0 Å². The zero-order chi connectivity index (χ0) is 12.0. The van der Waals surface area contributed by atoms with Crippen LogP contribution in [0.3, 0.4) is 0 Å². The zero-order valence-electron chi connectivity index (χ0n) is 10.6. The zero-order valence-corrected chi connectivity index (χ0v) is 10.6. The van der Waals surface area contributed by atoms with E-state index in [1.54, 1.807) is 4.68 Å². The second kappa shape index (κ2) is 6.66. The van der Waals surface area contributed by atoms with Gasteiger partial charge in [-0.1, -0.05) is 19.8 Å². The standard InChI is InChI=1S/C12H24N4/c1-4-5-6-10(2)14-8-12(13)11-7-15-16(3)9-11/h7,9-10,12,14H,4-6,8,13H2,1-3H3. The van der Waals surface area contributed by atoms with Crippen LogP contribution < -0.4 is 11.1 Å². The van der Waals surface area contributed by atoms with Crippen molar-refractivity contribution in [1.29, 1.82) is 0 Å². The number of hydrogen-bond donors (Lipinski definition) is 2. The van der Waals surface area contributed by atoms with Crippen molar-refractivity contribution in [3.05, 3.63) is 18.0 Å². The predicted octanol–water partition coefficient (Wildman–Crippen LogP) is 1.59. The lowest BCUT2D eigenvalue weighted by Gasteiger charge is -2.16. The number of unbranched alkanes of at least 4 members (excludes halogenated alkanes) is 1. The van der Waals surface area contributed by atoms with Gasteiger partial charge in [0.15, 0.2) is 0 Å². The van der Waals surface area contributed by atoms with Crippen LogP contribution in [0.5, 0.6) is 0 Å². The first kappa shape index (κ1) is 13.2. The molecule has 0 spiro atoms. The highest BCUT2D eigenvalue weighted by molar-refractivity contribution is 5.09. The van der Waals surface area contributed by atoms with Gasteiger partial charge in [-0.3, -0.25) is 4.68 Å². The first-order valence-corrected chi connectivity index (χ1v) is 6.11. The van der Waals surface area contributed by atoms with E-state index in [1.807, 2.05) is 19.4 Å². The van der Waals surface area contributed by atoms with Gasteiger partial charge < -0.3 is 11.1 Å². The lowest BCUT2D eigenvalue weighted by Crippen LogP contribution is -2.33. The Morgan fingerprint density at radius 2 is 2.31 bits per heavy atom. The maximum Gasteiger partial charge on any atom is 0.0537 e. The highest BCUT2D eigenvalue weighted by atomic mass is 15.2. The fourth-order valence-electron chi connectivity index (χ4n) is 1.69. The minimum Gasteiger partial charge on any atom is -0.323 e. The van der Waals surface area contributed by atoms with Gasteiger partial charge in [0.1, 0.15) is 0 Å². The second-order valence-corrected chi connectivity index (χ2v) is 4.51. The molecule has 4 heteroatoms. The SMILES string of the molecule is CCCCC(C)NCC(N)c1cnn(C)c1. The monoisotopic (exact) mass is 224 g/mol. The van der Waals surface area contributed by atoms with Crippen LogP contribution >= 0.6 is 0 Å². The molecule has 0 aliphatic carbocycles. The number of nitrogens with zero attached hydrogens (tertiary/aromatic N) is 2. The van der Waals surface area contributed by atoms with Crippen molar-refractivity contribution in [2.45, 2.75) is 45.2 Å². The summed E-state index contributed by atoms with van der Waals surface area (Å²) >= 11 is 0. The van der Waals surface area contributed by atoms with Gasteiger partial charge in [0.25, 0.3) is 0 Å². The molecule has 0 aromatic carbocycles. The quantitative estimate of drug-likeness (QED) is 0.739. The van der Waals surface area contributed by atoms with Crippen LogP contribution in [-0.4, -0.2) is 22.4 Å². The molecule has 0 amide bonds. The molecule has 1 aromatic heterocycles. The molecule has 16 heavy (non-hydrogen) atoms. The van der Waals surface area contributed by atoms with Crippen molar-refractivity contribution in [2.75, 3.05) is 6.54 Å². The molecule has 2 unspecified atom stereocenters. The third-order valence-corrected chi connectivity index (χ3v) is 2.83. The second-order valence-electron chi connectivity index (χ2n) is 4.51. The van der Waals surface area contributed by atoms with Crippen LogP contribution in [0.25, 0.3) is 0 Å². The fraction of sp³-hybridized carbons (Fsp3) is 0.750. The Bertz CT molecular complexity index is 295. The van der Waals surface area contributed by atoms with Crippen LogP contribution in [0, 0.1) is 0 Å². The molecule has 1 rings (SSSR count). The van der Waals surface area contributed by atoms with Gasteiger partial charge in [-0.15, -0.1) is 0 Å². The number of aryl methyl sites for hydroxylation is 1. The minimum absolute atomic E-state index is 0.0396. The van der Waals surface area contributed by atoms with Gasteiger partial charge in [0.2, 0.25) is 0 Å². The molecule has 0 saturated heterocycles. The molecule has 92 valence electrons. The first-order chi connectivity index (χ1) is 7.63. The normalized spacial score (nSPS) is 15.0. The van der Waals surface area contributed by atoms with Crippen LogP contribution in [0.1, 0.15) is 44.7 Å². The molecule has 0 radical (unpaired) electrons. The topological polar surface area (TPSA) is 55.9 Å². The van der Waals surface area contributed by atoms with Crippen molar-refractivity contribution in [3.63, 3.8) is 0 Å². The molecule has 4 nitrogen and oxygen atoms in total. The van der Waals surface area contributed by atoms with Gasteiger partial charge in [0, 0.05) is 37.4 Å². The first-order valence-electron chi connectivity index (χ1n) is 6.11. The maximum absolute atomic E-state index is 6.07. The Kier molecular flexibility index (Phi) is 5.49. The number of rotatable bonds is 7. The van der Waals surface area contributed by atoms with E-state index in [2.05, 4.69) is 24.3 Å². The molecule has 0 saturated carbocycles. The van der Waals surface area contributed by atoms with Crippen molar-refractivity contribution in [3.8, 4) is 0 Å². The molecule has 3 N–H and O–H groups in total. The van der Waals surface area contributed by atoms with E-state index in [-0.39, 0.29) is 6.04 Å². The molecular weight excluding hydrogens is 200 g/mol. The summed E-state index contributed by atoms with van der Waals surface area (Å²) in [4.78, 5) is 0. The van der Waals surface area contributed by atoms with Gasteiger partial charge in [-0.25, -0.2) is 0 Å². The summed E-state index contributed by atoms with van der Waals surface area (Å²) in [6.07, 6.45) is 7.55. The van der Waals surface area contributed by atoms with E-state index >= 15 is 0 Å². The van der Waals surface area contributed by atoms with E-state index in [4.69, 9.17) is 5.73 Å². The lowest BCUT2D eigenvalue weighted by atomic mass is 10.1. The van der Waals surface area contributed by atoms with Crippen molar-refractivity contribution in [1.82, 2.24) is 15.1 Å². The molecule has 2 atom stereocenters. The minimum atomic E-state index is 0.0396. The Hall–Kier alpha value is -0.870. The molecule has 1 aromatic rings. The van der Waals surface area contributed by atoms with E-state index in [1.165, 1.54) is 19.3 Å². The van der Waals surface area contributed by atoms with E-state index < -0.39 is 0 Å². The summed E-state index contributed by atoms with van der Waals surface area (Å²) in [5.41, 5.74) is 7.16. The van der Waals surface area contributed by atoms with Crippen LogP contribution in [0.15, 0.2) is 12.4 Å². The molecule has 1 heterocycles. The van der Waals surface area contributed by atoms with E-state index in [0.29, 0.717) is 6.04 Å². The lowest BCUT2D eigenvalue weighted by molar-refractivity contribution is 0.472. The van der Waals surface area contributed by atoms with Crippen molar-refractivity contribution in [2.24, 2.45) is 12.8 Å². The molecule has 0 bridgehead atoms. The fourth-order valence-corrected chi connectivity index (χ4v) is 1.69. The van der Waals surface area contributed by atoms with Gasteiger partial charge in [0.05, 0.1) is 6.20 Å². The van der Waals surface area contributed by atoms with Gasteiger partial charge in [-0.2, -0.15) is 5.10 Å². The van der Waals surface area contributed by atoms with Crippen molar-refractivity contribution >= 4 is 0 Å². The summed E-state index contributed by atoms with van der Waals surface area (Å²) in [7, 11) is 1.91. The Morgan fingerprint density at radius 1 is 1.56 bits per heavy atom. The summed E-state index contributed by atoms with van der Waals surface area (Å²) in [5, 5.41) is 7.59. The molecule has 0 aliphatic rings. The highest BCUT2D eigenvalue weighted by Crippen LogP contribution is 2.08. The predicted molar refractivity (Wildman–Crippen MR) is 67.1 cm³/mol. The Labute approximate surface area is 98.2 Å². The number of nitrogens with two attached hydrogens (primary N) is 1. The Morgan fingerprint density at radius 3 is 2.88 bits per heavy atom. The molecule has 0 aliphatic heterocycles. The number of hydrogen-bond acceptors (Lipinski definition) is 3. The molecule has 0 fully saturated rings. The smallest absolute Gasteiger partial charge is 0.0537 e. The number of aromatic nitrogens is 2. The van der Waals surface area contributed by atoms with E-state index in [0.717, 1.165) is 12.1 Å². The summed E-state index contributed by atoms with van der Waals surface area (Å²) in [6, 6.07) is 0.584. The van der Waals surface area contributed by atoms with Gasteiger partial charge in [-0.05, 0) is 13.3 Å². The number of nitrogens with one attached hydrogen (secondary N) is 1. The summed E-state index contributed by atoms with van der Waals surface area (Å²) in [6.45, 7) is 5.25. The average molecular weight is 224 g/mol. The van der Waals surface area contributed by atoms with Crippen LogP contribution in [0.2, 0.25) is 0 Å². The van der Waals surface area contributed by atoms with E-state index in [9.17, 15) is 0 Å². The average Bonchev–Trinajstić information content (AvgIpc) is 2.69. The Balaban J connectivity index is 2.27. The van der Waals surface area contributed by atoms with Crippen LogP contribution in [0.4, 0.5) is 0 Å². The largest absolute Gasteiger partial charge is 0.323 e. The third kappa shape index (κ3) is 4.33. The highest BCUT2D eigenvalue weighted by Gasteiger charge is 2.09. The van der Waals surface area contributed by atoms with Gasteiger partial charge >= 0.3 is 0 Å². The summed E-state index contributed by atoms with van der Waals surface area (Å²) < 4.78 is 1.79. The molecular formula is C12H24N4. The van der Waals surface area contributed by atoms with Crippen LogP contribution in [-0.2, 0) is 7.05 Å². The summed E-state index contributed by atoms with van der Waals surface area (Å²) in [5.74, 6) is 0. The third-order valence-electron chi connectivity index (χ3n) is 2.83.